The van der Waals surface area contributed by atoms with Crippen molar-refractivity contribution in [2.45, 2.75) is 45.9 Å². The summed E-state index contributed by atoms with van der Waals surface area (Å²) in [6.07, 6.45) is 1.89. The molecule has 0 unspecified atom stereocenters. The highest BCUT2D eigenvalue weighted by Crippen LogP contribution is 2.37. The minimum absolute atomic E-state index is 0.200. The standard InChI is InChI=1S/C36H33F2N3O4/c1-2-3-15-41-30(35(28-12-11-27(37)18-29(28)38)39-36(41)26-7-5-4-6-8-26)21-40(19-24-9-13-31-33(16-24)44-22-42-31)20-25-10-14-32-34(17-25)45-23-43-32/h4-14,16-18H,2-3,15,19-23H2,1H3. The highest BCUT2D eigenvalue weighted by Gasteiger charge is 2.25. The van der Waals surface area contributed by atoms with Crippen LogP contribution < -0.4 is 18.9 Å². The third kappa shape index (κ3) is 6.08. The van der Waals surface area contributed by atoms with Gasteiger partial charge in [-0.2, -0.15) is 0 Å². The Morgan fingerprint density at radius 3 is 2.00 bits per heavy atom. The summed E-state index contributed by atoms with van der Waals surface area (Å²) >= 11 is 0. The van der Waals surface area contributed by atoms with Crippen LogP contribution >= 0.6 is 0 Å². The molecule has 0 N–H and O–H groups in total. The second-order valence-corrected chi connectivity index (χ2v) is 11.2. The second kappa shape index (κ2) is 12.6. The lowest BCUT2D eigenvalue weighted by Crippen LogP contribution is -2.24. The summed E-state index contributed by atoms with van der Waals surface area (Å²) in [5, 5.41) is 0. The fraction of sp³-hybridized carbons (Fsp3) is 0.250. The number of unbranched alkanes of at least 4 members (excludes halogenated alkanes) is 1. The van der Waals surface area contributed by atoms with Crippen LogP contribution in [0.3, 0.4) is 0 Å². The van der Waals surface area contributed by atoms with Crippen LogP contribution in [0.2, 0.25) is 0 Å². The third-order valence-electron chi connectivity index (χ3n) is 8.09. The average Bonchev–Trinajstić information content (AvgIpc) is 3.79. The normalized spacial score (nSPS) is 13.2. The molecule has 0 radical (unpaired) electrons. The largest absolute Gasteiger partial charge is 0.454 e. The first kappa shape index (κ1) is 28.9. The van der Waals surface area contributed by atoms with Crippen LogP contribution in [-0.2, 0) is 26.2 Å². The number of nitrogens with zero attached hydrogens (tertiary/aromatic N) is 3. The van der Waals surface area contributed by atoms with Crippen LogP contribution in [-0.4, -0.2) is 28.0 Å². The number of benzene rings is 4. The lowest BCUT2D eigenvalue weighted by Gasteiger charge is -2.25. The Morgan fingerprint density at radius 1 is 0.733 bits per heavy atom. The summed E-state index contributed by atoms with van der Waals surface area (Å²) in [6, 6.07) is 25.5. The number of ether oxygens (including phenoxy) is 4. The van der Waals surface area contributed by atoms with E-state index < -0.39 is 11.6 Å². The van der Waals surface area contributed by atoms with Gasteiger partial charge in [0.2, 0.25) is 13.6 Å². The van der Waals surface area contributed by atoms with E-state index in [2.05, 4.69) is 16.4 Å². The van der Waals surface area contributed by atoms with E-state index in [1.807, 2.05) is 66.7 Å². The summed E-state index contributed by atoms with van der Waals surface area (Å²) in [4.78, 5) is 7.34. The molecular formula is C36H33F2N3O4. The third-order valence-corrected chi connectivity index (χ3v) is 8.09. The average molecular weight is 610 g/mol. The Bertz CT molecular complexity index is 1770. The summed E-state index contributed by atoms with van der Waals surface area (Å²) in [6.45, 7) is 4.82. The zero-order chi connectivity index (χ0) is 30.8. The Morgan fingerprint density at radius 2 is 1.38 bits per heavy atom. The number of rotatable bonds is 11. The molecule has 4 aromatic carbocycles. The zero-order valence-electron chi connectivity index (χ0n) is 25.0. The fourth-order valence-corrected chi connectivity index (χ4v) is 5.88. The topological polar surface area (TPSA) is 58.0 Å². The number of aromatic nitrogens is 2. The van der Waals surface area contributed by atoms with Crippen LogP contribution in [0.1, 0.15) is 36.6 Å². The first-order valence-corrected chi connectivity index (χ1v) is 15.2. The predicted octanol–water partition coefficient (Wildman–Crippen LogP) is 7.96. The van der Waals surface area contributed by atoms with Crippen molar-refractivity contribution < 1.29 is 27.7 Å². The van der Waals surface area contributed by atoms with Gasteiger partial charge in [0, 0.05) is 43.4 Å². The van der Waals surface area contributed by atoms with Crippen molar-refractivity contribution in [1.82, 2.24) is 14.5 Å². The maximum Gasteiger partial charge on any atom is 0.231 e. The smallest absolute Gasteiger partial charge is 0.231 e. The molecule has 2 aliphatic heterocycles. The minimum Gasteiger partial charge on any atom is -0.454 e. The molecule has 0 saturated heterocycles. The molecule has 3 heterocycles. The lowest BCUT2D eigenvalue weighted by molar-refractivity contribution is 0.173. The molecule has 0 fully saturated rings. The van der Waals surface area contributed by atoms with Gasteiger partial charge in [0.15, 0.2) is 23.0 Å². The van der Waals surface area contributed by atoms with Gasteiger partial charge in [-0.05, 0) is 53.9 Å². The van der Waals surface area contributed by atoms with Gasteiger partial charge in [0.1, 0.15) is 17.5 Å². The van der Waals surface area contributed by atoms with E-state index in [-0.39, 0.29) is 19.1 Å². The molecule has 2 aliphatic rings. The molecular weight excluding hydrogens is 576 g/mol. The Balaban J connectivity index is 1.33. The molecule has 0 bridgehead atoms. The van der Waals surface area contributed by atoms with Crippen molar-refractivity contribution in [3.63, 3.8) is 0 Å². The van der Waals surface area contributed by atoms with Gasteiger partial charge in [-0.25, -0.2) is 13.8 Å². The van der Waals surface area contributed by atoms with E-state index in [0.29, 0.717) is 43.4 Å². The van der Waals surface area contributed by atoms with Gasteiger partial charge < -0.3 is 23.5 Å². The summed E-state index contributed by atoms with van der Waals surface area (Å²) in [5.41, 5.74) is 4.64. The van der Waals surface area contributed by atoms with Crippen LogP contribution in [0.5, 0.6) is 23.0 Å². The molecule has 0 atom stereocenters. The number of hydrogen-bond acceptors (Lipinski definition) is 6. The molecule has 0 spiro atoms. The maximum atomic E-state index is 15.4. The molecule has 0 saturated carbocycles. The van der Waals surface area contributed by atoms with Crippen LogP contribution in [0.4, 0.5) is 8.78 Å². The SMILES string of the molecule is CCCCn1c(-c2ccccc2)nc(-c2ccc(F)cc2F)c1CN(Cc1ccc2c(c1)OCO2)Cc1ccc2c(c1)OCO2. The van der Waals surface area contributed by atoms with Crippen molar-refractivity contribution >= 4 is 0 Å². The van der Waals surface area contributed by atoms with Crippen molar-refractivity contribution in [2.24, 2.45) is 0 Å². The molecule has 1 aromatic heterocycles. The van der Waals surface area contributed by atoms with E-state index in [1.165, 1.54) is 12.1 Å². The lowest BCUT2D eigenvalue weighted by atomic mass is 10.1. The van der Waals surface area contributed by atoms with Crippen LogP contribution in [0, 0.1) is 11.6 Å². The summed E-state index contributed by atoms with van der Waals surface area (Å²) in [5.74, 6) is 2.35. The predicted molar refractivity (Wildman–Crippen MR) is 166 cm³/mol. The first-order valence-electron chi connectivity index (χ1n) is 15.2. The molecule has 7 rings (SSSR count). The second-order valence-electron chi connectivity index (χ2n) is 11.2. The van der Waals surface area contributed by atoms with Gasteiger partial charge in [-0.3, -0.25) is 4.90 Å². The van der Waals surface area contributed by atoms with Crippen molar-refractivity contribution in [3.8, 4) is 45.6 Å². The van der Waals surface area contributed by atoms with Crippen molar-refractivity contribution in [2.75, 3.05) is 13.6 Å². The number of hydrogen-bond donors (Lipinski definition) is 0. The first-order chi connectivity index (χ1) is 22.1. The minimum atomic E-state index is -0.644. The van der Waals surface area contributed by atoms with Crippen LogP contribution in [0.15, 0.2) is 84.9 Å². The van der Waals surface area contributed by atoms with E-state index in [1.54, 1.807) is 0 Å². The van der Waals surface area contributed by atoms with Gasteiger partial charge in [-0.15, -0.1) is 0 Å². The molecule has 0 aliphatic carbocycles. The highest BCUT2D eigenvalue weighted by atomic mass is 19.1. The Hall–Kier alpha value is -4.89. The number of imidazole rings is 1. The van der Waals surface area contributed by atoms with E-state index in [4.69, 9.17) is 23.9 Å². The molecule has 5 aromatic rings. The number of halogens is 2. The fourth-order valence-electron chi connectivity index (χ4n) is 5.88. The monoisotopic (exact) mass is 609 g/mol. The van der Waals surface area contributed by atoms with Gasteiger partial charge in [0.05, 0.1) is 11.4 Å². The summed E-state index contributed by atoms with van der Waals surface area (Å²) in [7, 11) is 0. The molecule has 230 valence electrons. The molecule has 7 nitrogen and oxygen atoms in total. The van der Waals surface area contributed by atoms with Gasteiger partial charge in [-0.1, -0.05) is 55.8 Å². The van der Waals surface area contributed by atoms with Crippen molar-refractivity contribution in [3.05, 3.63) is 113 Å². The van der Waals surface area contributed by atoms with E-state index in [0.717, 1.165) is 58.6 Å². The Labute approximate surface area is 260 Å². The van der Waals surface area contributed by atoms with Gasteiger partial charge >= 0.3 is 0 Å². The van der Waals surface area contributed by atoms with Crippen LogP contribution in [0.25, 0.3) is 22.6 Å². The maximum absolute atomic E-state index is 15.4. The molecule has 0 amide bonds. The Kier molecular flexibility index (Phi) is 8.09. The molecule has 9 heteroatoms. The van der Waals surface area contributed by atoms with Gasteiger partial charge in [0.25, 0.3) is 0 Å². The van der Waals surface area contributed by atoms with Crippen molar-refractivity contribution in [1.29, 1.82) is 0 Å². The zero-order valence-corrected chi connectivity index (χ0v) is 25.0. The van der Waals surface area contributed by atoms with E-state index in [9.17, 15) is 4.39 Å². The highest BCUT2D eigenvalue weighted by molar-refractivity contribution is 5.69. The van der Waals surface area contributed by atoms with E-state index >= 15 is 4.39 Å². The number of fused-ring (bicyclic) bond motifs is 2. The quantitative estimate of drug-likeness (QED) is 0.152. The summed E-state index contributed by atoms with van der Waals surface area (Å²) < 4.78 is 54.1. The molecule has 45 heavy (non-hydrogen) atoms.